The van der Waals surface area contributed by atoms with E-state index in [1.165, 1.54) is 0 Å². The molecule has 0 amide bonds. The zero-order valence-electron chi connectivity index (χ0n) is 8.95. The van der Waals surface area contributed by atoms with Crippen molar-refractivity contribution in [2.75, 3.05) is 19.0 Å². The molecule has 0 saturated heterocycles. The molecule has 0 aliphatic heterocycles. The number of nitrogens with one attached hydrogen (secondary N) is 2. The number of nitrogen functional groups attached to an aromatic ring is 1. The van der Waals surface area contributed by atoms with Crippen molar-refractivity contribution in [2.45, 2.75) is 13.0 Å². The summed E-state index contributed by atoms with van der Waals surface area (Å²) in [7, 11) is 1.66. The standard InChI is InChI=1S/C10H16N4O/c1-7(15-2)6-14-9-5-8(10(11)12)3-4-13-9/h3-5,7H,6H2,1-2H3,(H3,11,12)(H,13,14). The third-order valence-electron chi connectivity index (χ3n) is 2.04. The molecule has 0 radical (unpaired) electrons. The van der Waals surface area contributed by atoms with Crippen molar-refractivity contribution < 1.29 is 4.74 Å². The second-order valence-electron chi connectivity index (χ2n) is 3.27. The zero-order chi connectivity index (χ0) is 11.3. The molecule has 1 rings (SSSR count). The number of amidine groups is 1. The number of hydrogen-bond acceptors (Lipinski definition) is 4. The van der Waals surface area contributed by atoms with E-state index >= 15 is 0 Å². The lowest BCUT2D eigenvalue weighted by molar-refractivity contribution is 0.128. The highest BCUT2D eigenvalue weighted by Crippen LogP contribution is 2.06. The van der Waals surface area contributed by atoms with Crippen molar-refractivity contribution in [1.82, 2.24) is 4.98 Å². The topological polar surface area (TPSA) is 84.0 Å². The smallest absolute Gasteiger partial charge is 0.126 e. The van der Waals surface area contributed by atoms with Gasteiger partial charge in [0.15, 0.2) is 0 Å². The molecule has 1 atom stereocenters. The fourth-order valence-electron chi connectivity index (χ4n) is 1.03. The molecule has 5 heteroatoms. The fourth-order valence-corrected chi connectivity index (χ4v) is 1.03. The van der Waals surface area contributed by atoms with Crippen LogP contribution >= 0.6 is 0 Å². The maximum absolute atomic E-state index is 7.28. The molecule has 4 N–H and O–H groups in total. The van der Waals surface area contributed by atoms with E-state index in [0.29, 0.717) is 17.9 Å². The molecule has 1 aromatic heterocycles. The highest BCUT2D eigenvalue weighted by Gasteiger charge is 2.02. The van der Waals surface area contributed by atoms with Gasteiger partial charge in [0.1, 0.15) is 11.7 Å². The maximum Gasteiger partial charge on any atom is 0.126 e. The van der Waals surface area contributed by atoms with E-state index in [1.807, 2.05) is 6.92 Å². The van der Waals surface area contributed by atoms with Crippen LogP contribution in [0.1, 0.15) is 12.5 Å². The molecule has 82 valence electrons. The molecule has 15 heavy (non-hydrogen) atoms. The van der Waals surface area contributed by atoms with Crippen LogP contribution in [0.4, 0.5) is 5.82 Å². The Kier molecular flexibility index (Phi) is 4.05. The van der Waals surface area contributed by atoms with Crippen LogP contribution in [0.25, 0.3) is 0 Å². The van der Waals surface area contributed by atoms with Crippen LogP contribution in [0.2, 0.25) is 0 Å². The molecular weight excluding hydrogens is 192 g/mol. The molecule has 0 bridgehead atoms. The summed E-state index contributed by atoms with van der Waals surface area (Å²) in [6.07, 6.45) is 1.74. The monoisotopic (exact) mass is 208 g/mol. The van der Waals surface area contributed by atoms with Gasteiger partial charge >= 0.3 is 0 Å². The number of nitrogens with two attached hydrogens (primary N) is 1. The van der Waals surface area contributed by atoms with Crippen LogP contribution in [0.15, 0.2) is 18.3 Å². The molecular formula is C10H16N4O. The average molecular weight is 208 g/mol. The summed E-state index contributed by atoms with van der Waals surface area (Å²) in [5.74, 6) is 0.742. The summed E-state index contributed by atoms with van der Waals surface area (Å²) in [6.45, 7) is 2.63. The highest BCUT2D eigenvalue weighted by atomic mass is 16.5. The lowest BCUT2D eigenvalue weighted by Gasteiger charge is -2.11. The number of rotatable bonds is 5. The highest BCUT2D eigenvalue weighted by molar-refractivity contribution is 5.95. The molecule has 0 fully saturated rings. The largest absolute Gasteiger partial charge is 0.384 e. The minimum absolute atomic E-state index is 0.0419. The van der Waals surface area contributed by atoms with Crippen molar-refractivity contribution >= 4 is 11.7 Å². The van der Waals surface area contributed by atoms with Gasteiger partial charge in [-0.05, 0) is 19.1 Å². The van der Waals surface area contributed by atoms with Gasteiger partial charge in [0.2, 0.25) is 0 Å². The number of pyridine rings is 1. The van der Waals surface area contributed by atoms with E-state index in [1.54, 1.807) is 25.4 Å². The van der Waals surface area contributed by atoms with Crippen LogP contribution in [-0.2, 0) is 4.74 Å². The van der Waals surface area contributed by atoms with E-state index in [2.05, 4.69) is 10.3 Å². The van der Waals surface area contributed by atoms with Crippen molar-refractivity contribution in [2.24, 2.45) is 5.73 Å². The summed E-state index contributed by atoms with van der Waals surface area (Å²) in [5, 5.41) is 10.4. The van der Waals surface area contributed by atoms with Gasteiger partial charge in [0.05, 0.1) is 6.10 Å². The van der Waals surface area contributed by atoms with Crippen molar-refractivity contribution in [3.8, 4) is 0 Å². The Labute approximate surface area is 89.2 Å². The summed E-state index contributed by atoms with van der Waals surface area (Å²) >= 11 is 0. The molecule has 0 spiro atoms. The van der Waals surface area contributed by atoms with Crippen molar-refractivity contribution in [3.05, 3.63) is 23.9 Å². The first-order valence-corrected chi connectivity index (χ1v) is 4.70. The molecule has 1 aromatic rings. The van der Waals surface area contributed by atoms with Gasteiger partial charge in [0, 0.05) is 25.4 Å². The Morgan fingerprint density at radius 1 is 1.73 bits per heavy atom. The first-order chi connectivity index (χ1) is 7.13. The number of hydrogen-bond donors (Lipinski definition) is 3. The number of ether oxygens (including phenoxy) is 1. The fraction of sp³-hybridized carbons (Fsp3) is 0.400. The van der Waals surface area contributed by atoms with Crippen LogP contribution in [0.5, 0.6) is 0 Å². The minimum atomic E-state index is 0.0419. The predicted molar refractivity (Wildman–Crippen MR) is 60.2 cm³/mol. The molecule has 0 aliphatic rings. The molecule has 0 saturated carbocycles. The van der Waals surface area contributed by atoms with Crippen molar-refractivity contribution in [3.63, 3.8) is 0 Å². The SMILES string of the molecule is COC(C)CNc1cc(C(=N)N)ccn1. The van der Waals surface area contributed by atoms with Gasteiger partial charge in [-0.15, -0.1) is 0 Å². The predicted octanol–water partition coefficient (Wildman–Crippen LogP) is 0.812. The van der Waals surface area contributed by atoms with Crippen LogP contribution in [-0.4, -0.2) is 30.6 Å². The van der Waals surface area contributed by atoms with E-state index in [0.717, 1.165) is 0 Å². The quantitative estimate of drug-likeness (QED) is 0.494. The third kappa shape index (κ3) is 3.55. The van der Waals surface area contributed by atoms with Crippen LogP contribution in [0.3, 0.4) is 0 Å². The third-order valence-corrected chi connectivity index (χ3v) is 2.04. The first-order valence-electron chi connectivity index (χ1n) is 4.70. The second-order valence-corrected chi connectivity index (χ2v) is 3.27. The van der Waals surface area contributed by atoms with Gasteiger partial charge in [0.25, 0.3) is 0 Å². The maximum atomic E-state index is 7.28. The molecule has 1 unspecified atom stereocenters. The zero-order valence-corrected chi connectivity index (χ0v) is 8.95. The van der Waals surface area contributed by atoms with Gasteiger partial charge in [-0.1, -0.05) is 0 Å². The van der Waals surface area contributed by atoms with Gasteiger partial charge in [-0.3, -0.25) is 5.41 Å². The number of anilines is 1. The Morgan fingerprint density at radius 2 is 2.47 bits per heavy atom. The first kappa shape index (κ1) is 11.5. The lowest BCUT2D eigenvalue weighted by Crippen LogP contribution is -2.19. The summed E-state index contributed by atoms with van der Waals surface area (Å²) in [5.41, 5.74) is 6.03. The minimum Gasteiger partial charge on any atom is -0.384 e. The molecule has 5 nitrogen and oxygen atoms in total. The lowest BCUT2D eigenvalue weighted by atomic mass is 10.2. The molecule has 1 heterocycles. The summed E-state index contributed by atoms with van der Waals surface area (Å²) < 4.78 is 5.09. The van der Waals surface area contributed by atoms with Gasteiger partial charge < -0.3 is 15.8 Å². The van der Waals surface area contributed by atoms with Crippen LogP contribution < -0.4 is 11.1 Å². The van der Waals surface area contributed by atoms with E-state index in [-0.39, 0.29) is 11.9 Å². The van der Waals surface area contributed by atoms with Crippen LogP contribution in [0, 0.1) is 5.41 Å². The van der Waals surface area contributed by atoms with E-state index < -0.39 is 0 Å². The van der Waals surface area contributed by atoms with Gasteiger partial charge in [-0.25, -0.2) is 4.98 Å². The van der Waals surface area contributed by atoms with E-state index in [9.17, 15) is 0 Å². The Morgan fingerprint density at radius 3 is 3.07 bits per heavy atom. The summed E-state index contributed by atoms with van der Waals surface area (Å²) in [4.78, 5) is 4.11. The Hall–Kier alpha value is -1.62. The normalized spacial score (nSPS) is 12.1. The Balaban J connectivity index is 2.62. The second kappa shape index (κ2) is 5.31. The number of methoxy groups -OCH3 is 1. The Bertz CT molecular complexity index is 340. The summed E-state index contributed by atoms with van der Waals surface area (Å²) in [6, 6.07) is 3.44. The van der Waals surface area contributed by atoms with Crippen molar-refractivity contribution in [1.29, 1.82) is 5.41 Å². The average Bonchev–Trinajstić information content (AvgIpc) is 2.26. The molecule has 0 aromatic carbocycles. The number of aromatic nitrogens is 1. The van der Waals surface area contributed by atoms with E-state index in [4.69, 9.17) is 15.9 Å². The van der Waals surface area contributed by atoms with Gasteiger partial charge in [-0.2, -0.15) is 0 Å². The number of nitrogens with zero attached hydrogens (tertiary/aromatic N) is 1. The molecule has 0 aliphatic carbocycles.